The van der Waals surface area contributed by atoms with Crippen molar-refractivity contribution in [3.8, 4) is 0 Å². The van der Waals surface area contributed by atoms with Crippen molar-refractivity contribution >= 4 is 33.4 Å². The number of hydrogen-bond donors (Lipinski definition) is 1. The summed E-state index contributed by atoms with van der Waals surface area (Å²) in [4.78, 5) is 14.0. The Bertz CT molecular complexity index is 1130. The zero-order chi connectivity index (χ0) is 23.1. The first-order valence-corrected chi connectivity index (χ1v) is 13.2. The van der Waals surface area contributed by atoms with Gasteiger partial charge in [-0.05, 0) is 73.7 Å². The molecule has 7 heteroatoms. The van der Waals surface area contributed by atoms with Gasteiger partial charge in [-0.2, -0.15) is 0 Å². The van der Waals surface area contributed by atoms with E-state index in [9.17, 15) is 13.2 Å². The molecular weight excluding hydrogens is 440 g/mol. The molecule has 0 saturated carbocycles. The van der Waals surface area contributed by atoms with Gasteiger partial charge in [0.25, 0.3) is 15.9 Å². The molecule has 1 atom stereocenters. The van der Waals surface area contributed by atoms with E-state index < -0.39 is 10.0 Å². The van der Waals surface area contributed by atoms with E-state index in [1.165, 1.54) is 4.31 Å². The Labute approximate surface area is 194 Å². The number of hydrogen-bond acceptors (Lipinski definition) is 4. The molecule has 0 bridgehead atoms. The number of carbonyl (C=O) groups excluding carboxylic acids is 1. The maximum absolute atomic E-state index is 13.2. The summed E-state index contributed by atoms with van der Waals surface area (Å²) < 4.78 is 27.7. The van der Waals surface area contributed by atoms with E-state index in [4.69, 9.17) is 0 Å². The van der Waals surface area contributed by atoms with Crippen LogP contribution in [0, 0.1) is 0 Å². The highest BCUT2D eigenvalue weighted by molar-refractivity contribution is 7.98. The summed E-state index contributed by atoms with van der Waals surface area (Å²) >= 11 is 1.56. The highest BCUT2D eigenvalue weighted by atomic mass is 32.2. The summed E-state index contributed by atoms with van der Waals surface area (Å²) in [5, 5.41) is 3.06. The fourth-order valence-corrected chi connectivity index (χ4v) is 5.38. The largest absolute Gasteiger partial charge is 0.345 e. The third kappa shape index (κ3) is 5.34. The van der Waals surface area contributed by atoms with Crippen molar-refractivity contribution in [3.05, 3.63) is 90.0 Å². The van der Waals surface area contributed by atoms with E-state index in [2.05, 4.69) is 5.32 Å². The van der Waals surface area contributed by atoms with E-state index in [1.807, 2.05) is 43.5 Å². The summed E-state index contributed by atoms with van der Waals surface area (Å²) in [5.41, 5.74) is 2.06. The molecule has 0 unspecified atom stereocenters. The molecule has 32 heavy (non-hydrogen) atoms. The summed E-state index contributed by atoms with van der Waals surface area (Å²) in [5.74, 6) is -0.189. The molecule has 0 aliphatic rings. The van der Waals surface area contributed by atoms with Gasteiger partial charge in [0.05, 0.1) is 16.6 Å². The van der Waals surface area contributed by atoms with Crippen LogP contribution in [-0.2, 0) is 10.0 Å². The van der Waals surface area contributed by atoms with Crippen LogP contribution in [0.1, 0.15) is 42.2 Å². The van der Waals surface area contributed by atoms with Gasteiger partial charge >= 0.3 is 0 Å². The minimum Gasteiger partial charge on any atom is -0.345 e. The molecule has 5 nitrogen and oxygen atoms in total. The van der Waals surface area contributed by atoms with Crippen LogP contribution in [0.15, 0.2) is 88.7 Å². The zero-order valence-corrected chi connectivity index (χ0v) is 20.1. The van der Waals surface area contributed by atoms with Crippen LogP contribution in [0.2, 0.25) is 0 Å². The molecule has 168 valence electrons. The number of benzene rings is 3. The molecular formula is C25H28N2O3S2. The average molecular weight is 469 g/mol. The van der Waals surface area contributed by atoms with Gasteiger partial charge in [0.1, 0.15) is 0 Å². The molecule has 0 fully saturated rings. The lowest BCUT2D eigenvalue weighted by atomic mass is 10.0. The second-order valence-corrected chi connectivity index (χ2v) is 9.98. The van der Waals surface area contributed by atoms with Crippen molar-refractivity contribution in [1.29, 1.82) is 0 Å². The van der Waals surface area contributed by atoms with Crippen molar-refractivity contribution in [2.24, 2.45) is 0 Å². The Kier molecular flexibility index (Phi) is 7.99. The summed E-state index contributed by atoms with van der Waals surface area (Å²) in [6, 6.07) is 23.3. The number of thioether (sulfide) groups is 1. The molecule has 0 aliphatic carbocycles. The minimum absolute atomic E-state index is 0.0832. The third-order valence-corrected chi connectivity index (χ3v) is 7.93. The van der Waals surface area contributed by atoms with E-state index in [1.54, 1.807) is 67.2 Å². The predicted molar refractivity (Wildman–Crippen MR) is 132 cm³/mol. The Morgan fingerprint density at radius 3 is 2.09 bits per heavy atom. The lowest BCUT2D eigenvalue weighted by molar-refractivity contribution is 0.0935. The van der Waals surface area contributed by atoms with E-state index >= 15 is 0 Å². The van der Waals surface area contributed by atoms with Gasteiger partial charge in [-0.15, -0.1) is 11.8 Å². The van der Waals surface area contributed by atoms with E-state index in [0.29, 0.717) is 11.3 Å². The lowest BCUT2D eigenvalue weighted by Gasteiger charge is -2.23. The molecule has 0 radical (unpaired) electrons. The first kappa shape index (κ1) is 23.9. The van der Waals surface area contributed by atoms with Gasteiger partial charge < -0.3 is 5.32 Å². The maximum atomic E-state index is 13.2. The fraction of sp³-hybridized carbons (Fsp3) is 0.240. The zero-order valence-electron chi connectivity index (χ0n) is 18.5. The third-order valence-electron chi connectivity index (χ3n) is 5.27. The Balaban J connectivity index is 1.78. The van der Waals surface area contributed by atoms with Crippen LogP contribution in [0.25, 0.3) is 0 Å². The van der Waals surface area contributed by atoms with Crippen molar-refractivity contribution in [3.63, 3.8) is 0 Å². The van der Waals surface area contributed by atoms with Crippen molar-refractivity contribution in [2.75, 3.05) is 17.1 Å². The Hall–Kier alpha value is -2.77. The molecule has 1 N–H and O–H groups in total. The van der Waals surface area contributed by atoms with Gasteiger partial charge in [-0.25, -0.2) is 8.42 Å². The number of carbonyl (C=O) groups is 1. The number of nitrogens with zero attached hydrogens (tertiary/aromatic N) is 1. The lowest BCUT2D eigenvalue weighted by Crippen LogP contribution is -2.31. The van der Waals surface area contributed by atoms with Crippen LogP contribution in [-0.4, -0.2) is 27.1 Å². The molecule has 3 aromatic carbocycles. The van der Waals surface area contributed by atoms with Crippen molar-refractivity contribution in [1.82, 2.24) is 5.32 Å². The first-order chi connectivity index (χ1) is 15.4. The highest BCUT2D eigenvalue weighted by Gasteiger charge is 2.24. The SMILES string of the molecule is CC[C@H](NC(=O)c1ccc(N(CC)S(=O)(=O)c2ccc(SC)cc2)cc1)c1ccccc1. The van der Waals surface area contributed by atoms with Gasteiger partial charge in [0.15, 0.2) is 0 Å². The Morgan fingerprint density at radius 1 is 0.938 bits per heavy atom. The summed E-state index contributed by atoms with van der Waals surface area (Å²) in [6.07, 6.45) is 2.72. The quantitative estimate of drug-likeness (QED) is 0.421. The monoisotopic (exact) mass is 468 g/mol. The molecule has 0 aromatic heterocycles. The number of anilines is 1. The van der Waals surface area contributed by atoms with Crippen LogP contribution >= 0.6 is 11.8 Å². The summed E-state index contributed by atoms with van der Waals surface area (Å²) in [7, 11) is -3.70. The average Bonchev–Trinajstić information content (AvgIpc) is 2.83. The maximum Gasteiger partial charge on any atom is 0.264 e. The number of nitrogens with one attached hydrogen (secondary N) is 1. The van der Waals surface area contributed by atoms with Crippen LogP contribution < -0.4 is 9.62 Å². The second kappa shape index (κ2) is 10.7. The highest BCUT2D eigenvalue weighted by Crippen LogP contribution is 2.26. The topological polar surface area (TPSA) is 66.5 Å². The smallest absolute Gasteiger partial charge is 0.264 e. The second-order valence-electron chi connectivity index (χ2n) is 7.24. The number of amides is 1. The van der Waals surface area contributed by atoms with Gasteiger partial charge in [0, 0.05) is 17.0 Å². The Morgan fingerprint density at radius 2 is 1.56 bits per heavy atom. The standard InChI is InChI=1S/C25H28N2O3S2/c1-4-24(19-9-7-6-8-10-19)26-25(28)20-11-13-21(14-12-20)27(5-2)32(29,30)23-17-15-22(31-3)16-18-23/h6-18,24H,4-5H2,1-3H3,(H,26,28)/t24-/m0/s1. The van der Waals surface area contributed by atoms with Gasteiger partial charge in [-0.1, -0.05) is 37.3 Å². The molecule has 1 amide bonds. The number of rotatable bonds is 9. The predicted octanol–water partition coefficient (Wildman–Crippen LogP) is 5.50. The molecule has 0 aliphatic heterocycles. The van der Waals surface area contributed by atoms with E-state index in [-0.39, 0.29) is 23.4 Å². The normalized spacial score (nSPS) is 12.2. The fourth-order valence-electron chi connectivity index (χ4n) is 3.49. The van der Waals surface area contributed by atoms with E-state index in [0.717, 1.165) is 16.9 Å². The summed E-state index contributed by atoms with van der Waals surface area (Å²) in [6.45, 7) is 4.10. The van der Waals surface area contributed by atoms with Crippen molar-refractivity contribution in [2.45, 2.75) is 36.1 Å². The molecule has 0 spiro atoms. The van der Waals surface area contributed by atoms with Crippen LogP contribution in [0.5, 0.6) is 0 Å². The number of sulfonamides is 1. The van der Waals surface area contributed by atoms with Crippen LogP contribution in [0.4, 0.5) is 5.69 Å². The minimum atomic E-state index is -3.70. The van der Waals surface area contributed by atoms with Crippen LogP contribution in [0.3, 0.4) is 0 Å². The first-order valence-electron chi connectivity index (χ1n) is 10.5. The molecule has 3 aromatic rings. The molecule has 0 heterocycles. The van der Waals surface area contributed by atoms with Gasteiger partial charge in [0.2, 0.25) is 0 Å². The molecule has 3 rings (SSSR count). The van der Waals surface area contributed by atoms with Gasteiger partial charge in [-0.3, -0.25) is 9.10 Å². The molecule has 0 saturated heterocycles. The van der Waals surface area contributed by atoms with Crippen molar-refractivity contribution < 1.29 is 13.2 Å².